The van der Waals surface area contributed by atoms with Crippen molar-refractivity contribution in [1.82, 2.24) is 0 Å². The van der Waals surface area contributed by atoms with Crippen molar-refractivity contribution < 1.29 is 44.4 Å². The van der Waals surface area contributed by atoms with Gasteiger partial charge in [0.05, 0.1) is 17.6 Å². The first-order chi connectivity index (χ1) is 17.7. The second kappa shape index (κ2) is 8.88. The lowest BCUT2D eigenvalue weighted by Crippen LogP contribution is -2.65. The van der Waals surface area contributed by atoms with E-state index in [4.69, 9.17) is 0 Å². The zero-order chi connectivity index (χ0) is 29.7. The number of hydrogen-bond donors (Lipinski definition) is 4. The van der Waals surface area contributed by atoms with Gasteiger partial charge in [-0.2, -0.15) is 0 Å². The number of aliphatic carboxylic acids is 1. The summed E-state index contributed by atoms with van der Waals surface area (Å²) in [4.78, 5) is 64.9. The first kappa shape index (κ1) is 29.7. The molecule has 0 heterocycles. The lowest BCUT2D eigenvalue weighted by molar-refractivity contribution is -0.168. The number of aliphatic hydroxyl groups excluding tert-OH is 2. The van der Waals surface area contributed by atoms with E-state index in [0.29, 0.717) is 6.42 Å². The van der Waals surface area contributed by atoms with E-state index < -0.39 is 81.2 Å². The van der Waals surface area contributed by atoms with Gasteiger partial charge in [-0.1, -0.05) is 41.5 Å². The Kier molecular flexibility index (Phi) is 6.78. The number of carbonyl (C=O) groups is 5. The smallest absolute Gasteiger partial charge is 0.306 e. The molecule has 9 heteroatoms. The Morgan fingerprint density at radius 3 is 2.21 bits per heavy atom. The molecule has 4 aliphatic rings. The standard InChI is InChI=1S/C30H42O9/c1-14(25(37)38)10-15(31)13-28(5,39)18-12-20(34)30(7)21-16(32)11-17-26(2,3)19(33)8-9-27(17,4)22(21)23(35)24(36)29(18,30)6/h14,17-18,20,24,34,36,39H,8-13H2,1-7H3,(H,37,38). The van der Waals surface area contributed by atoms with E-state index in [1.165, 1.54) is 13.8 Å². The minimum absolute atomic E-state index is 0.0283. The molecule has 0 bridgehead atoms. The molecule has 0 aromatic rings. The zero-order valence-corrected chi connectivity index (χ0v) is 24.0. The third kappa shape index (κ3) is 3.79. The van der Waals surface area contributed by atoms with Crippen LogP contribution in [0, 0.1) is 39.4 Å². The summed E-state index contributed by atoms with van der Waals surface area (Å²) in [7, 11) is 0. The van der Waals surface area contributed by atoms with E-state index in [0.717, 1.165) is 0 Å². The summed E-state index contributed by atoms with van der Waals surface area (Å²) in [6, 6.07) is 0. The molecule has 0 saturated heterocycles. The van der Waals surface area contributed by atoms with Crippen molar-refractivity contribution in [1.29, 1.82) is 0 Å². The average molecular weight is 547 g/mol. The maximum absolute atomic E-state index is 14.1. The number of Topliss-reactive ketones (excluding diaryl/α,β-unsaturated/α-hetero) is 4. The Morgan fingerprint density at radius 1 is 1.05 bits per heavy atom. The van der Waals surface area contributed by atoms with Crippen molar-refractivity contribution in [2.75, 3.05) is 0 Å². The van der Waals surface area contributed by atoms with Gasteiger partial charge >= 0.3 is 5.97 Å². The number of carboxylic acid groups (broad SMARTS) is 1. The molecule has 0 radical (unpaired) electrons. The molecule has 9 nitrogen and oxygen atoms in total. The van der Waals surface area contributed by atoms with Gasteiger partial charge in [0.2, 0.25) is 0 Å². The highest BCUT2D eigenvalue weighted by Crippen LogP contribution is 2.71. The van der Waals surface area contributed by atoms with Crippen LogP contribution in [-0.4, -0.2) is 67.3 Å². The molecule has 2 saturated carbocycles. The maximum atomic E-state index is 14.1. The summed E-state index contributed by atoms with van der Waals surface area (Å²) in [5.74, 6) is -4.90. The highest BCUT2D eigenvalue weighted by Gasteiger charge is 2.74. The second-order valence-corrected chi connectivity index (χ2v) is 14.1. The molecule has 4 N–H and O–H groups in total. The number of hydrogen-bond acceptors (Lipinski definition) is 8. The van der Waals surface area contributed by atoms with E-state index in [2.05, 4.69) is 0 Å². The second-order valence-electron chi connectivity index (χ2n) is 14.1. The molecule has 39 heavy (non-hydrogen) atoms. The van der Waals surface area contributed by atoms with Crippen LogP contribution in [-0.2, 0) is 24.0 Å². The molecule has 0 aliphatic heterocycles. The fourth-order valence-electron chi connectivity index (χ4n) is 8.97. The summed E-state index contributed by atoms with van der Waals surface area (Å²) < 4.78 is 0. The molecule has 2 fully saturated rings. The molecule has 216 valence electrons. The van der Waals surface area contributed by atoms with Crippen molar-refractivity contribution in [2.45, 2.75) is 105 Å². The largest absolute Gasteiger partial charge is 0.481 e. The third-order valence-electron chi connectivity index (χ3n) is 11.5. The predicted molar refractivity (Wildman–Crippen MR) is 139 cm³/mol. The summed E-state index contributed by atoms with van der Waals surface area (Å²) >= 11 is 0. The van der Waals surface area contributed by atoms with Crippen LogP contribution in [0.2, 0.25) is 0 Å². The molecule has 0 aromatic carbocycles. The van der Waals surface area contributed by atoms with Crippen LogP contribution in [0.4, 0.5) is 0 Å². The predicted octanol–water partition coefficient (Wildman–Crippen LogP) is 2.43. The topological polar surface area (TPSA) is 166 Å². The van der Waals surface area contributed by atoms with Crippen molar-refractivity contribution in [3.05, 3.63) is 11.1 Å². The molecule has 4 aliphatic carbocycles. The Bertz CT molecular complexity index is 1190. The first-order valence-electron chi connectivity index (χ1n) is 13.9. The number of fused-ring (bicyclic) bond motifs is 4. The Labute approximate surface area is 229 Å². The SMILES string of the molecule is CC(CC(=O)CC(C)(O)C1CC(O)C2(C)C3=C(C(=O)C(O)C12C)C1(C)CCC(=O)C(C)(C)C1CC3=O)C(=O)O. The first-order valence-corrected chi connectivity index (χ1v) is 13.9. The van der Waals surface area contributed by atoms with Gasteiger partial charge in [-0.3, -0.25) is 24.0 Å². The molecule has 4 rings (SSSR count). The van der Waals surface area contributed by atoms with E-state index in [1.54, 1.807) is 27.7 Å². The van der Waals surface area contributed by atoms with Crippen molar-refractivity contribution in [3.63, 3.8) is 0 Å². The van der Waals surface area contributed by atoms with Gasteiger partial charge < -0.3 is 20.4 Å². The van der Waals surface area contributed by atoms with Crippen LogP contribution in [0.25, 0.3) is 0 Å². The number of carboxylic acids is 1. The maximum Gasteiger partial charge on any atom is 0.306 e. The molecular formula is C30H42O9. The quantitative estimate of drug-likeness (QED) is 0.391. The summed E-state index contributed by atoms with van der Waals surface area (Å²) in [6.07, 6.45) is -3.05. The number of ketones is 4. The van der Waals surface area contributed by atoms with Crippen molar-refractivity contribution in [2.24, 2.45) is 39.4 Å². The summed E-state index contributed by atoms with van der Waals surface area (Å²) in [6.45, 7) is 11.5. The van der Waals surface area contributed by atoms with Crippen LogP contribution in [0.3, 0.4) is 0 Å². The van der Waals surface area contributed by atoms with Gasteiger partial charge in [0.15, 0.2) is 11.6 Å². The molecule has 9 unspecified atom stereocenters. The highest BCUT2D eigenvalue weighted by atomic mass is 16.4. The number of carbonyl (C=O) groups excluding carboxylic acids is 4. The van der Waals surface area contributed by atoms with Crippen molar-refractivity contribution >= 4 is 29.1 Å². The van der Waals surface area contributed by atoms with Gasteiger partial charge in [-0.15, -0.1) is 0 Å². The van der Waals surface area contributed by atoms with Crippen LogP contribution in [0.15, 0.2) is 11.1 Å². The highest BCUT2D eigenvalue weighted by molar-refractivity contribution is 6.13. The summed E-state index contributed by atoms with van der Waals surface area (Å²) in [5.41, 5.74) is -6.02. The molecule has 0 aromatic heterocycles. The van der Waals surface area contributed by atoms with Gasteiger partial charge in [0.25, 0.3) is 0 Å². The van der Waals surface area contributed by atoms with E-state index in [1.807, 2.05) is 6.92 Å². The lowest BCUT2D eigenvalue weighted by Gasteiger charge is -2.60. The van der Waals surface area contributed by atoms with E-state index in [9.17, 15) is 44.4 Å². The normalized spacial score (nSPS) is 41.8. The fraction of sp³-hybridized carbons (Fsp3) is 0.767. The van der Waals surface area contributed by atoms with Crippen LogP contribution < -0.4 is 0 Å². The minimum atomic E-state index is -1.80. The van der Waals surface area contributed by atoms with Crippen LogP contribution in [0.5, 0.6) is 0 Å². The molecule has 0 spiro atoms. The summed E-state index contributed by atoms with van der Waals surface area (Å²) in [5, 5.41) is 44.1. The van der Waals surface area contributed by atoms with Crippen LogP contribution in [0.1, 0.15) is 87.0 Å². The van der Waals surface area contributed by atoms with Crippen molar-refractivity contribution in [3.8, 4) is 0 Å². The zero-order valence-electron chi connectivity index (χ0n) is 24.0. The molecular weight excluding hydrogens is 504 g/mol. The van der Waals surface area contributed by atoms with Gasteiger partial charge in [-0.25, -0.2) is 0 Å². The Hall–Kier alpha value is -2.23. The van der Waals surface area contributed by atoms with Gasteiger partial charge in [0, 0.05) is 58.5 Å². The Morgan fingerprint density at radius 2 is 1.64 bits per heavy atom. The third-order valence-corrected chi connectivity index (χ3v) is 11.5. The fourth-order valence-corrected chi connectivity index (χ4v) is 8.97. The van der Waals surface area contributed by atoms with Gasteiger partial charge in [-0.05, 0) is 31.6 Å². The van der Waals surface area contributed by atoms with Gasteiger partial charge in [0.1, 0.15) is 17.7 Å². The number of aliphatic hydroxyl groups is 3. The van der Waals surface area contributed by atoms with E-state index >= 15 is 0 Å². The number of rotatable bonds is 6. The van der Waals surface area contributed by atoms with Crippen LogP contribution >= 0.6 is 0 Å². The average Bonchev–Trinajstić information content (AvgIpc) is 3.04. The Balaban J connectivity index is 1.84. The monoisotopic (exact) mass is 546 g/mol. The lowest BCUT2D eigenvalue weighted by atomic mass is 9.42. The van der Waals surface area contributed by atoms with E-state index in [-0.39, 0.29) is 48.4 Å². The molecule has 0 amide bonds. The minimum Gasteiger partial charge on any atom is -0.481 e. The molecule has 9 atom stereocenters.